The van der Waals surface area contributed by atoms with Crippen LogP contribution in [0.4, 0.5) is 5.69 Å². The molecule has 1 aromatic heterocycles. The molecular weight excluding hydrogens is 246 g/mol. The number of nitrogens with two attached hydrogens (primary N) is 1. The minimum atomic E-state index is 0.446. The van der Waals surface area contributed by atoms with Crippen molar-refractivity contribution in [2.24, 2.45) is 5.73 Å². The van der Waals surface area contributed by atoms with Gasteiger partial charge in [-0.3, -0.25) is 4.98 Å². The lowest BCUT2D eigenvalue weighted by Crippen LogP contribution is -2.19. The number of benzene rings is 1. The number of pyridine rings is 1. The maximum absolute atomic E-state index is 5.87. The summed E-state index contributed by atoms with van der Waals surface area (Å²) in [5.74, 6) is 0. The van der Waals surface area contributed by atoms with Gasteiger partial charge >= 0.3 is 0 Å². The third-order valence-corrected chi connectivity index (χ3v) is 3.06. The van der Waals surface area contributed by atoms with Crippen LogP contribution in [0.3, 0.4) is 0 Å². The molecule has 1 aromatic carbocycles. The van der Waals surface area contributed by atoms with Gasteiger partial charge in [-0.2, -0.15) is 0 Å². The standard InChI is InChI=1S/C14H16ClN3/c1-18(10-11-4-6-12(15)7-5-11)14-3-2-8-17-13(14)9-16/h2-8H,9-10,16H2,1H3. The van der Waals surface area contributed by atoms with Crippen LogP contribution in [-0.2, 0) is 13.1 Å². The van der Waals surface area contributed by atoms with E-state index >= 15 is 0 Å². The Kier molecular flexibility index (Phi) is 4.18. The Morgan fingerprint density at radius 2 is 1.94 bits per heavy atom. The Morgan fingerprint density at radius 1 is 1.22 bits per heavy atom. The Labute approximate surface area is 112 Å². The smallest absolute Gasteiger partial charge is 0.0772 e. The zero-order valence-corrected chi connectivity index (χ0v) is 11.1. The molecule has 0 unspecified atom stereocenters. The van der Waals surface area contributed by atoms with Crippen molar-refractivity contribution in [1.29, 1.82) is 0 Å². The van der Waals surface area contributed by atoms with E-state index in [1.54, 1.807) is 6.20 Å². The zero-order chi connectivity index (χ0) is 13.0. The summed E-state index contributed by atoms with van der Waals surface area (Å²) >= 11 is 5.87. The molecule has 94 valence electrons. The molecule has 0 saturated carbocycles. The van der Waals surface area contributed by atoms with Gasteiger partial charge in [0.25, 0.3) is 0 Å². The van der Waals surface area contributed by atoms with E-state index in [2.05, 4.69) is 9.88 Å². The van der Waals surface area contributed by atoms with Crippen molar-refractivity contribution in [1.82, 2.24) is 4.98 Å². The number of hydrogen-bond acceptors (Lipinski definition) is 3. The number of halogens is 1. The van der Waals surface area contributed by atoms with Gasteiger partial charge in [0.05, 0.1) is 11.4 Å². The normalized spacial score (nSPS) is 10.4. The van der Waals surface area contributed by atoms with E-state index in [0.29, 0.717) is 6.54 Å². The summed E-state index contributed by atoms with van der Waals surface area (Å²) in [6.45, 7) is 1.25. The molecular formula is C14H16ClN3. The quantitative estimate of drug-likeness (QED) is 0.920. The second-order valence-corrected chi connectivity index (χ2v) is 4.59. The van der Waals surface area contributed by atoms with E-state index in [1.165, 1.54) is 5.56 Å². The Hall–Kier alpha value is -1.58. The molecule has 0 atom stereocenters. The van der Waals surface area contributed by atoms with Gasteiger partial charge in [-0.25, -0.2) is 0 Å². The van der Waals surface area contributed by atoms with Gasteiger partial charge in [0.1, 0.15) is 0 Å². The third-order valence-electron chi connectivity index (χ3n) is 2.80. The van der Waals surface area contributed by atoms with Crippen molar-refractivity contribution in [3.05, 3.63) is 58.9 Å². The van der Waals surface area contributed by atoms with E-state index in [0.717, 1.165) is 22.9 Å². The van der Waals surface area contributed by atoms with Gasteiger partial charge in [-0.05, 0) is 29.8 Å². The number of hydrogen-bond donors (Lipinski definition) is 1. The predicted octanol–water partition coefficient (Wildman–Crippen LogP) is 2.83. The topological polar surface area (TPSA) is 42.2 Å². The molecule has 0 spiro atoms. The Morgan fingerprint density at radius 3 is 2.61 bits per heavy atom. The minimum absolute atomic E-state index is 0.446. The van der Waals surface area contributed by atoms with Crippen LogP contribution in [0.15, 0.2) is 42.6 Å². The third kappa shape index (κ3) is 3.00. The fourth-order valence-corrected chi connectivity index (χ4v) is 2.01. The first-order chi connectivity index (χ1) is 8.70. The van der Waals surface area contributed by atoms with Crippen LogP contribution in [-0.4, -0.2) is 12.0 Å². The molecule has 0 aliphatic rings. The highest BCUT2D eigenvalue weighted by Gasteiger charge is 2.07. The van der Waals surface area contributed by atoms with E-state index in [9.17, 15) is 0 Å². The van der Waals surface area contributed by atoms with Crippen molar-refractivity contribution in [2.75, 3.05) is 11.9 Å². The molecule has 2 rings (SSSR count). The average molecular weight is 262 g/mol. The molecule has 0 radical (unpaired) electrons. The number of rotatable bonds is 4. The summed E-state index contributed by atoms with van der Waals surface area (Å²) in [5, 5.41) is 0.755. The molecule has 2 N–H and O–H groups in total. The summed E-state index contributed by atoms with van der Waals surface area (Å²) < 4.78 is 0. The lowest BCUT2D eigenvalue weighted by atomic mass is 10.2. The van der Waals surface area contributed by atoms with Crippen LogP contribution in [0.25, 0.3) is 0 Å². The Bertz CT molecular complexity index is 511. The van der Waals surface area contributed by atoms with Crippen LogP contribution >= 0.6 is 11.6 Å². The van der Waals surface area contributed by atoms with Crippen LogP contribution in [0.2, 0.25) is 5.02 Å². The van der Waals surface area contributed by atoms with Crippen LogP contribution in [0.1, 0.15) is 11.3 Å². The Balaban J connectivity index is 2.16. The summed E-state index contributed by atoms with van der Waals surface area (Å²) in [6, 6.07) is 11.8. The molecule has 4 heteroatoms. The molecule has 0 amide bonds. The first-order valence-electron chi connectivity index (χ1n) is 5.80. The summed E-state index contributed by atoms with van der Waals surface area (Å²) in [7, 11) is 2.03. The molecule has 0 aliphatic carbocycles. The minimum Gasteiger partial charge on any atom is -0.369 e. The number of aromatic nitrogens is 1. The van der Waals surface area contributed by atoms with E-state index in [-0.39, 0.29) is 0 Å². The fraction of sp³-hybridized carbons (Fsp3) is 0.214. The second kappa shape index (κ2) is 5.85. The fourth-order valence-electron chi connectivity index (χ4n) is 1.88. The lowest BCUT2D eigenvalue weighted by molar-refractivity contribution is 0.884. The van der Waals surface area contributed by atoms with Gasteiger partial charge in [0.15, 0.2) is 0 Å². The highest BCUT2D eigenvalue weighted by molar-refractivity contribution is 6.30. The van der Waals surface area contributed by atoms with Crippen molar-refractivity contribution in [3.63, 3.8) is 0 Å². The first kappa shape index (κ1) is 12.9. The van der Waals surface area contributed by atoms with E-state index in [4.69, 9.17) is 17.3 Å². The molecule has 18 heavy (non-hydrogen) atoms. The van der Waals surface area contributed by atoms with Crippen LogP contribution in [0, 0.1) is 0 Å². The van der Waals surface area contributed by atoms with Gasteiger partial charge in [-0.15, -0.1) is 0 Å². The molecule has 0 aliphatic heterocycles. The maximum atomic E-state index is 5.87. The largest absolute Gasteiger partial charge is 0.369 e. The van der Waals surface area contributed by atoms with Crippen LogP contribution < -0.4 is 10.6 Å². The molecule has 3 nitrogen and oxygen atoms in total. The van der Waals surface area contributed by atoms with Gasteiger partial charge in [-0.1, -0.05) is 23.7 Å². The average Bonchev–Trinajstić information content (AvgIpc) is 2.41. The van der Waals surface area contributed by atoms with Crippen molar-refractivity contribution in [3.8, 4) is 0 Å². The number of nitrogens with zero attached hydrogens (tertiary/aromatic N) is 2. The predicted molar refractivity (Wildman–Crippen MR) is 75.7 cm³/mol. The second-order valence-electron chi connectivity index (χ2n) is 4.16. The lowest BCUT2D eigenvalue weighted by Gasteiger charge is -2.21. The number of anilines is 1. The summed E-state index contributed by atoms with van der Waals surface area (Å²) in [5.41, 5.74) is 8.87. The maximum Gasteiger partial charge on any atom is 0.0772 e. The van der Waals surface area contributed by atoms with E-state index < -0.39 is 0 Å². The van der Waals surface area contributed by atoms with Crippen molar-refractivity contribution >= 4 is 17.3 Å². The van der Waals surface area contributed by atoms with Gasteiger partial charge in [0, 0.05) is 31.4 Å². The molecule has 0 bridgehead atoms. The van der Waals surface area contributed by atoms with Crippen molar-refractivity contribution < 1.29 is 0 Å². The molecule has 2 aromatic rings. The van der Waals surface area contributed by atoms with Gasteiger partial charge in [0.2, 0.25) is 0 Å². The zero-order valence-electron chi connectivity index (χ0n) is 10.3. The summed E-state index contributed by atoms with van der Waals surface area (Å²) in [4.78, 5) is 6.42. The first-order valence-corrected chi connectivity index (χ1v) is 6.18. The van der Waals surface area contributed by atoms with E-state index in [1.807, 2.05) is 43.4 Å². The van der Waals surface area contributed by atoms with Crippen molar-refractivity contribution in [2.45, 2.75) is 13.1 Å². The highest BCUT2D eigenvalue weighted by Crippen LogP contribution is 2.19. The monoisotopic (exact) mass is 261 g/mol. The molecule has 1 heterocycles. The summed E-state index contributed by atoms with van der Waals surface area (Å²) in [6.07, 6.45) is 1.77. The van der Waals surface area contributed by atoms with Gasteiger partial charge < -0.3 is 10.6 Å². The highest BCUT2D eigenvalue weighted by atomic mass is 35.5. The molecule has 0 fully saturated rings. The SMILES string of the molecule is CN(Cc1ccc(Cl)cc1)c1cccnc1CN. The molecule has 0 saturated heterocycles. The van der Waals surface area contributed by atoms with Crippen LogP contribution in [0.5, 0.6) is 0 Å².